The third-order valence-corrected chi connectivity index (χ3v) is 4.52. The number of aliphatic imine (C=N–C) groups is 1. The van der Waals surface area contributed by atoms with Crippen LogP contribution in [0.25, 0.3) is 0 Å². The Labute approximate surface area is 180 Å². The van der Waals surface area contributed by atoms with Gasteiger partial charge in [-0.25, -0.2) is 0 Å². The molecule has 0 fully saturated rings. The van der Waals surface area contributed by atoms with Crippen LogP contribution in [0.5, 0.6) is 0 Å². The quantitative estimate of drug-likeness (QED) is 0.236. The SMILES string of the molecule is CN=C(NCCCn1cccn1)NCCC(C)N(C)Cc1ccccc1.I. The normalized spacial score (nSPS) is 12.5. The van der Waals surface area contributed by atoms with E-state index in [0.717, 1.165) is 45.0 Å². The molecule has 1 heterocycles. The topological polar surface area (TPSA) is 57.5 Å². The van der Waals surface area contributed by atoms with Gasteiger partial charge in [0.15, 0.2) is 5.96 Å². The second-order valence-corrected chi connectivity index (χ2v) is 6.59. The van der Waals surface area contributed by atoms with E-state index in [4.69, 9.17) is 0 Å². The van der Waals surface area contributed by atoms with Gasteiger partial charge in [-0.1, -0.05) is 30.3 Å². The van der Waals surface area contributed by atoms with Crippen molar-refractivity contribution < 1.29 is 0 Å². The molecular weight excluding hydrogens is 451 g/mol. The van der Waals surface area contributed by atoms with Gasteiger partial charge >= 0.3 is 0 Å². The highest BCUT2D eigenvalue weighted by molar-refractivity contribution is 14.0. The van der Waals surface area contributed by atoms with Gasteiger partial charge in [-0.15, -0.1) is 24.0 Å². The smallest absolute Gasteiger partial charge is 0.190 e. The van der Waals surface area contributed by atoms with Crippen molar-refractivity contribution in [3.63, 3.8) is 0 Å². The summed E-state index contributed by atoms with van der Waals surface area (Å²) in [4.78, 5) is 6.68. The summed E-state index contributed by atoms with van der Waals surface area (Å²) in [5.41, 5.74) is 1.35. The molecule has 1 aromatic heterocycles. The van der Waals surface area contributed by atoms with Crippen molar-refractivity contribution in [2.75, 3.05) is 27.2 Å². The van der Waals surface area contributed by atoms with Gasteiger partial charge in [0.05, 0.1) is 0 Å². The van der Waals surface area contributed by atoms with E-state index in [0.29, 0.717) is 6.04 Å². The molecular formula is C20H33IN6. The van der Waals surface area contributed by atoms with E-state index >= 15 is 0 Å². The predicted molar refractivity (Wildman–Crippen MR) is 124 cm³/mol. The lowest BCUT2D eigenvalue weighted by molar-refractivity contribution is 0.238. The number of rotatable bonds is 10. The van der Waals surface area contributed by atoms with Crippen LogP contribution in [0.15, 0.2) is 53.8 Å². The van der Waals surface area contributed by atoms with Crippen LogP contribution in [0.3, 0.4) is 0 Å². The highest BCUT2D eigenvalue weighted by atomic mass is 127. The lowest BCUT2D eigenvalue weighted by Gasteiger charge is -2.25. The third kappa shape index (κ3) is 9.23. The summed E-state index contributed by atoms with van der Waals surface area (Å²) in [5.74, 6) is 0.864. The summed E-state index contributed by atoms with van der Waals surface area (Å²) >= 11 is 0. The molecule has 0 saturated heterocycles. The molecule has 6 nitrogen and oxygen atoms in total. The monoisotopic (exact) mass is 484 g/mol. The van der Waals surface area contributed by atoms with Gasteiger partial charge in [0.25, 0.3) is 0 Å². The van der Waals surface area contributed by atoms with E-state index in [1.165, 1.54) is 5.56 Å². The van der Waals surface area contributed by atoms with Gasteiger partial charge in [-0.2, -0.15) is 5.10 Å². The van der Waals surface area contributed by atoms with E-state index < -0.39 is 0 Å². The molecule has 0 spiro atoms. The van der Waals surface area contributed by atoms with Crippen LogP contribution in [0, 0.1) is 0 Å². The van der Waals surface area contributed by atoms with Gasteiger partial charge in [-0.3, -0.25) is 14.6 Å². The molecule has 150 valence electrons. The maximum absolute atomic E-state index is 4.29. The molecule has 27 heavy (non-hydrogen) atoms. The largest absolute Gasteiger partial charge is 0.356 e. The number of halogens is 1. The number of hydrogen-bond acceptors (Lipinski definition) is 3. The van der Waals surface area contributed by atoms with Crippen LogP contribution in [0.4, 0.5) is 0 Å². The molecule has 0 aliphatic carbocycles. The van der Waals surface area contributed by atoms with Gasteiger partial charge in [0.1, 0.15) is 0 Å². The maximum atomic E-state index is 4.29. The summed E-state index contributed by atoms with van der Waals surface area (Å²) in [5, 5.41) is 11.0. The Balaban J connectivity index is 0.00000364. The lowest BCUT2D eigenvalue weighted by atomic mass is 10.1. The van der Waals surface area contributed by atoms with Crippen molar-refractivity contribution >= 4 is 29.9 Å². The predicted octanol–water partition coefficient (Wildman–Crippen LogP) is 2.97. The zero-order chi connectivity index (χ0) is 18.6. The summed E-state index contributed by atoms with van der Waals surface area (Å²) in [6.45, 7) is 5.94. The van der Waals surface area contributed by atoms with Gasteiger partial charge in [0, 0.05) is 51.7 Å². The molecule has 7 heteroatoms. The van der Waals surface area contributed by atoms with Crippen molar-refractivity contribution in [2.24, 2.45) is 4.99 Å². The Morgan fingerprint density at radius 1 is 1.19 bits per heavy atom. The van der Waals surface area contributed by atoms with E-state index in [1.807, 2.05) is 30.2 Å². The molecule has 0 saturated carbocycles. The number of aryl methyl sites for hydroxylation is 1. The van der Waals surface area contributed by atoms with Gasteiger partial charge in [-0.05, 0) is 38.4 Å². The average molecular weight is 484 g/mol. The molecule has 0 aliphatic heterocycles. The van der Waals surface area contributed by atoms with Crippen LogP contribution >= 0.6 is 24.0 Å². The van der Waals surface area contributed by atoms with Gasteiger partial charge < -0.3 is 10.6 Å². The summed E-state index contributed by atoms with van der Waals surface area (Å²) in [7, 11) is 3.99. The van der Waals surface area contributed by atoms with E-state index in [1.54, 1.807) is 0 Å². The highest BCUT2D eigenvalue weighted by Crippen LogP contribution is 2.07. The molecule has 0 bridgehead atoms. The zero-order valence-electron chi connectivity index (χ0n) is 16.6. The fourth-order valence-electron chi connectivity index (χ4n) is 2.75. The lowest BCUT2D eigenvalue weighted by Crippen LogP contribution is -2.40. The minimum absolute atomic E-state index is 0. The van der Waals surface area contributed by atoms with Crippen molar-refractivity contribution in [3.8, 4) is 0 Å². The number of guanidine groups is 1. The first-order valence-electron chi connectivity index (χ1n) is 9.35. The fourth-order valence-corrected chi connectivity index (χ4v) is 2.75. The maximum Gasteiger partial charge on any atom is 0.190 e. The Kier molecular flexibility index (Phi) is 11.8. The highest BCUT2D eigenvalue weighted by Gasteiger charge is 2.09. The number of nitrogens with zero attached hydrogens (tertiary/aromatic N) is 4. The van der Waals surface area contributed by atoms with Crippen molar-refractivity contribution in [2.45, 2.75) is 38.9 Å². The molecule has 1 atom stereocenters. The fraction of sp³-hybridized carbons (Fsp3) is 0.500. The third-order valence-electron chi connectivity index (χ3n) is 4.52. The minimum atomic E-state index is 0. The van der Waals surface area contributed by atoms with Gasteiger partial charge in [0.2, 0.25) is 0 Å². The van der Waals surface area contributed by atoms with Crippen LogP contribution < -0.4 is 10.6 Å². The summed E-state index contributed by atoms with van der Waals surface area (Å²) < 4.78 is 1.95. The number of aromatic nitrogens is 2. The Morgan fingerprint density at radius 3 is 2.59 bits per heavy atom. The van der Waals surface area contributed by atoms with Crippen LogP contribution in [-0.2, 0) is 13.1 Å². The molecule has 1 aromatic carbocycles. The van der Waals surface area contributed by atoms with Crippen LogP contribution in [0.1, 0.15) is 25.3 Å². The minimum Gasteiger partial charge on any atom is -0.356 e. The Bertz CT molecular complexity index is 629. The van der Waals surface area contributed by atoms with Crippen LogP contribution in [0.2, 0.25) is 0 Å². The van der Waals surface area contributed by atoms with E-state index in [2.05, 4.69) is 69.9 Å². The molecule has 0 aliphatic rings. The molecule has 0 radical (unpaired) electrons. The van der Waals surface area contributed by atoms with E-state index in [9.17, 15) is 0 Å². The number of benzene rings is 1. The second-order valence-electron chi connectivity index (χ2n) is 6.59. The molecule has 2 aromatic rings. The summed E-state index contributed by atoms with van der Waals surface area (Å²) in [6, 6.07) is 13.1. The van der Waals surface area contributed by atoms with Crippen molar-refractivity contribution in [3.05, 3.63) is 54.4 Å². The first-order chi connectivity index (χ1) is 12.7. The second kappa shape index (κ2) is 13.5. The standard InChI is InChI=1S/C20H32N6.HI/c1-18(25(3)17-19-9-5-4-6-10-19)11-14-23-20(21-2)22-12-7-15-26-16-8-13-24-26;/h4-6,8-10,13,16,18H,7,11-12,14-15,17H2,1-3H3,(H2,21,22,23);1H. The zero-order valence-corrected chi connectivity index (χ0v) is 19.0. The number of hydrogen-bond donors (Lipinski definition) is 2. The number of nitrogens with one attached hydrogen (secondary N) is 2. The van der Waals surface area contributed by atoms with Crippen molar-refractivity contribution in [1.82, 2.24) is 25.3 Å². The Hall–Kier alpha value is -1.61. The Morgan fingerprint density at radius 2 is 1.93 bits per heavy atom. The first kappa shape index (κ1) is 23.4. The molecule has 0 amide bonds. The van der Waals surface area contributed by atoms with Crippen molar-refractivity contribution in [1.29, 1.82) is 0 Å². The molecule has 1 unspecified atom stereocenters. The average Bonchev–Trinajstić information content (AvgIpc) is 3.17. The first-order valence-corrected chi connectivity index (χ1v) is 9.35. The van der Waals surface area contributed by atoms with E-state index in [-0.39, 0.29) is 24.0 Å². The molecule has 2 N–H and O–H groups in total. The van der Waals surface area contributed by atoms with Crippen LogP contribution in [-0.4, -0.2) is 53.9 Å². The summed E-state index contributed by atoms with van der Waals surface area (Å²) in [6.07, 6.45) is 5.88. The molecule has 2 rings (SSSR count).